The summed E-state index contributed by atoms with van der Waals surface area (Å²) in [5, 5.41) is 13.7. The summed E-state index contributed by atoms with van der Waals surface area (Å²) in [6.07, 6.45) is 1.62. The number of aromatic nitrogens is 5. The molecule has 0 saturated carbocycles. The number of rotatable bonds is 3. The van der Waals surface area contributed by atoms with E-state index in [2.05, 4.69) is 37.1 Å². The number of nitrogen functional groups attached to an aromatic ring is 1. The second-order valence-corrected chi connectivity index (χ2v) is 6.74. The summed E-state index contributed by atoms with van der Waals surface area (Å²) in [7, 11) is 1.65. The van der Waals surface area contributed by atoms with E-state index in [1.165, 1.54) is 11.2 Å². The summed E-state index contributed by atoms with van der Waals surface area (Å²) >= 11 is 0. The number of likely N-dealkylation sites (tertiary alicyclic amines) is 1. The number of fused-ring (bicyclic) bond motifs is 1. The fraction of sp³-hybridized carbons (Fsp3) is 0.316. The van der Waals surface area contributed by atoms with Crippen LogP contribution in [0.2, 0.25) is 0 Å². The van der Waals surface area contributed by atoms with Crippen molar-refractivity contribution in [2.75, 3.05) is 31.2 Å². The van der Waals surface area contributed by atoms with Crippen LogP contribution in [0.3, 0.4) is 0 Å². The predicted octanol–water partition coefficient (Wildman–Crippen LogP) is 0.169. The number of nitrogens with two attached hydrogens (primary N) is 1. The molecular formula is C19H20N8O2. The molecule has 1 amide bonds. The number of hydrogen-bond acceptors (Lipinski definition) is 8. The lowest BCUT2D eigenvalue weighted by Crippen LogP contribution is -2.37. The van der Waals surface area contributed by atoms with Gasteiger partial charge in [-0.05, 0) is 25.1 Å². The van der Waals surface area contributed by atoms with Gasteiger partial charge in [0.25, 0.3) is 5.91 Å². The van der Waals surface area contributed by atoms with Gasteiger partial charge in [-0.15, -0.1) is 0 Å². The number of nitrogens with one attached hydrogen (secondary N) is 1. The fourth-order valence-electron chi connectivity index (χ4n) is 3.19. The summed E-state index contributed by atoms with van der Waals surface area (Å²) < 4.78 is 1.73. The lowest BCUT2D eigenvalue weighted by Gasteiger charge is -2.13. The Hall–Kier alpha value is -3.71. The van der Waals surface area contributed by atoms with Gasteiger partial charge in [0.05, 0.1) is 11.0 Å². The maximum Gasteiger partial charge on any atom is 0.267 e. The van der Waals surface area contributed by atoms with Crippen LogP contribution in [0.5, 0.6) is 0 Å². The van der Waals surface area contributed by atoms with Crippen LogP contribution < -0.4 is 11.1 Å². The van der Waals surface area contributed by atoms with Crippen LogP contribution in [-0.2, 0) is 4.79 Å². The standard InChI is InChI=1S/C19H20N8O2/c1-3-21-17-24-13-5-4-12(6-7-19(29)8-9-26(2)15(19)28)10-14(13)27(17)18-23-11-22-16(20)25-18/h4-5,10-11,29H,3,8-9H2,1-2H3,(H,21,24)(H2,20,22,23,25)/t19-/m0/s1. The number of aliphatic hydroxyl groups is 1. The number of amides is 1. The molecule has 1 saturated heterocycles. The minimum absolute atomic E-state index is 0.0985. The van der Waals surface area contributed by atoms with E-state index in [9.17, 15) is 9.90 Å². The summed E-state index contributed by atoms with van der Waals surface area (Å²) in [6, 6.07) is 5.41. The van der Waals surface area contributed by atoms with Gasteiger partial charge in [-0.25, -0.2) is 19.5 Å². The Morgan fingerprint density at radius 3 is 2.86 bits per heavy atom. The van der Waals surface area contributed by atoms with Crippen LogP contribution in [0.1, 0.15) is 18.9 Å². The molecule has 10 nitrogen and oxygen atoms in total. The molecule has 0 aliphatic carbocycles. The first-order valence-corrected chi connectivity index (χ1v) is 9.13. The number of imidazole rings is 1. The van der Waals surface area contributed by atoms with Crippen molar-refractivity contribution in [1.29, 1.82) is 0 Å². The summed E-state index contributed by atoms with van der Waals surface area (Å²) in [5.41, 5.74) is 6.11. The van der Waals surface area contributed by atoms with Crippen LogP contribution in [0, 0.1) is 11.8 Å². The molecule has 2 aromatic heterocycles. The molecule has 1 aromatic carbocycles. The van der Waals surface area contributed by atoms with Crippen molar-refractivity contribution in [1.82, 2.24) is 29.4 Å². The van der Waals surface area contributed by atoms with E-state index in [1.807, 2.05) is 19.1 Å². The van der Waals surface area contributed by atoms with Crippen molar-refractivity contribution < 1.29 is 9.90 Å². The normalized spacial score (nSPS) is 18.7. The van der Waals surface area contributed by atoms with Gasteiger partial charge in [0.2, 0.25) is 23.4 Å². The van der Waals surface area contributed by atoms with E-state index in [4.69, 9.17) is 5.73 Å². The second kappa shape index (κ2) is 7.03. The molecule has 3 heterocycles. The Kier molecular flexibility index (Phi) is 4.52. The number of anilines is 2. The van der Waals surface area contributed by atoms with Crippen LogP contribution >= 0.6 is 0 Å². The summed E-state index contributed by atoms with van der Waals surface area (Å²) in [4.78, 5) is 30.4. The van der Waals surface area contributed by atoms with Gasteiger partial charge < -0.3 is 21.1 Å². The topological polar surface area (TPSA) is 135 Å². The van der Waals surface area contributed by atoms with Crippen molar-refractivity contribution in [2.24, 2.45) is 0 Å². The zero-order valence-electron chi connectivity index (χ0n) is 16.0. The van der Waals surface area contributed by atoms with Gasteiger partial charge in [0.15, 0.2) is 0 Å². The minimum atomic E-state index is -1.65. The number of hydrogen-bond donors (Lipinski definition) is 3. The van der Waals surface area contributed by atoms with Gasteiger partial charge in [-0.3, -0.25) is 4.79 Å². The van der Waals surface area contributed by atoms with Crippen molar-refractivity contribution in [2.45, 2.75) is 18.9 Å². The third kappa shape index (κ3) is 3.32. The third-order valence-corrected chi connectivity index (χ3v) is 4.69. The zero-order chi connectivity index (χ0) is 20.6. The first-order chi connectivity index (χ1) is 13.9. The molecule has 1 atom stereocenters. The molecule has 1 aliphatic heterocycles. The Morgan fingerprint density at radius 2 is 2.17 bits per heavy atom. The largest absolute Gasteiger partial charge is 0.369 e. The minimum Gasteiger partial charge on any atom is -0.369 e. The molecule has 10 heteroatoms. The lowest BCUT2D eigenvalue weighted by atomic mass is 10.0. The summed E-state index contributed by atoms with van der Waals surface area (Å²) in [6.45, 7) is 3.08. The van der Waals surface area contributed by atoms with Crippen molar-refractivity contribution >= 4 is 28.8 Å². The van der Waals surface area contributed by atoms with E-state index >= 15 is 0 Å². The van der Waals surface area contributed by atoms with E-state index in [0.29, 0.717) is 41.6 Å². The zero-order valence-corrected chi connectivity index (χ0v) is 16.0. The maximum atomic E-state index is 12.1. The van der Waals surface area contributed by atoms with Crippen LogP contribution in [0.15, 0.2) is 24.5 Å². The quantitative estimate of drug-likeness (QED) is 0.537. The van der Waals surface area contributed by atoms with Crippen LogP contribution in [0.4, 0.5) is 11.9 Å². The van der Waals surface area contributed by atoms with Crippen molar-refractivity contribution in [3.8, 4) is 17.8 Å². The predicted molar refractivity (Wildman–Crippen MR) is 107 cm³/mol. The number of carbonyl (C=O) groups is 1. The van der Waals surface area contributed by atoms with Crippen LogP contribution in [-0.4, -0.2) is 66.2 Å². The van der Waals surface area contributed by atoms with E-state index in [0.717, 1.165) is 0 Å². The second-order valence-electron chi connectivity index (χ2n) is 6.74. The third-order valence-electron chi connectivity index (χ3n) is 4.69. The molecule has 3 aromatic rings. The molecule has 0 radical (unpaired) electrons. The number of benzene rings is 1. The first-order valence-electron chi connectivity index (χ1n) is 9.13. The Morgan fingerprint density at radius 1 is 1.34 bits per heavy atom. The molecule has 1 fully saturated rings. The molecule has 4 rings (SSSR count). The van der Waals surface area contributed by atoms with E-state index < -0.39 is 5.60 Å². The van der Waals surface area contributed by atoms with Gasteiger partial charge >= 0.3 is 0 Å². The molecule has 0 bridgehead atoms. The average molecular weight is 392 g/mol. The van der Waals surface area contributed by atoms with Crippen molar-refractivity contribution in [3.63, 3.8) is 0 Å². The smallest absolute Gasteiger partial charge is 0.267 e. The monoisotopic (exact) mass is 392 g/mol. The Labute approximate surface area is 166 Å². The lowest BCUT2D eigenvalue weighted by molar-refractivity contribution is -0.137. The summed E-state index contributed by atoms with van der Waals surface area (Å²) in [5.74, 6) is 6.24. The van der Waals surface area contributed by atoms with Crippen molar-refractivity contribution in [3.05, 3.63) is 30.1 Å². The Balaban J connectivity index is 1.81. The average Bonchev–Trinajstić information content (AvgIpc) is 3.19. The van der Waals surface area contributed by atoms with E-state index in [-0.39, 0.29) is 18.3 Å². The highest BCUT2D eigenvalue weighted by atomic mass is 16.3. The van der Waals surface area contributed by atoms with Gasteiger partial charge in [0, 0.05) is 32.1 Å². The SMILES string of the molecule is CCNc1nc2ccc(C#C[C@]3(O)CCN(C)C3=O)cc2n1-c1ncnc(N)n1. The molecule has 0 unspecified atom stereocenters. The molecule has 148 valence electrons. The highest BCUT2D eigenvalue weighted by Crippen LogP contribution is 2.25. The van der Waals surface area contributed by atoms with Gasteiger partial charge in [-0.1, -0.05) is 11.8 Å². The highest BCUT2D eigenvalue weighted by Gasteiger charge is 2.42. The maximum absolute atomic E-state index is 12.1. The molecular weight excluding hydrogens is 372 g/mol. The first kappa shape index (κ1) is 18.6. The molecule has 4 N–H and O–H groups in total. The number of nitrogens with zero attached hydrogens (tertiary/aromatic N) is 6. The van der Waals surface area contributed by atoms with Gasteiger partial charge in [-0.2, -0.15) is 4.98 Å². The Bertz CT molecular complexity index is 1160. The number of likely N-dealkylation sites (N-methyl/N-ethyl adjacent to an activating group) is 1. The van der Waals surface area contributed by atoms with E-state index in [1.54, 1.807) is 17.7 Å². The van der Waals surface area contributed by atoms with Crippen LogP contribution in [0.25, 0.3) is 17.0 Å². The van der Waals surface area contributed by atoms with Gasteiger partial charge in [0.1, 0.15) is 6.33 Å². The number of carbonyl (C=O) groups excluding carboxylic acids is 1. The fourth-order valence-corrected chi connectivity index (χ4v) is 3.19. The molecule has 29 heavy (non-hydrogen) atoms. The molecule has 1 aliphatic rings. The molecule has 0 spiro atoms. The highest BCUT2D eigenvalue weighted by molar-refractivity contribution is 5.90.